The lowest BCUT2D eigenvalue weighted by Crippen LogP contribution is -2.43. The van der Waals surface area contributed by atoms with E-state index in [1.165, 1.54) is 30.5 Å². The van der Waals surface area contributed by atoms with Crippen molar-refractivity contribution < 1.29 is 23.4 Å². The number of pyridine rings is 1. The third-order valence-corrected chi connectivity index (χ3v) is 8.80. The molecule has 1 atom stereocenters. The molecule has 0 unspecified atom stereocenters. The first kappa shape index (κ1) is 27.2. The number of aromatic nitrogens is 3. The summed E-state index contributed by atoms with van der Waals surface area (Å²) >= 11 is 0. The van der Waals surface area contributed by atoms with Gasteiger partial charge in [0.15, 0.2) is 5.82 Å². The van der Waals surface area contributed by atoms with Gasteiger partial charge < -0.3 is 14.7 Å². The molecule has 0 radical (unpaired) electrons. The molecule has 3 aliphatic heterocycles. The van der Waals surface area contributed by atoms with Gasteiger partial charge in [-0.3, -0.25) is 14.7 Å². The lowest BCUT2D eigenvalue weighted by molar-refractivity contribution is -0.117. The first-order valence-corrected chi connectivity index (χ1v) is 14.4. The molecule has 218 valence electrons. The van der Waals surface area contributed by atoms with E-state index in [9.17, 15) is 14.3 Å². The Labute approximate surface area is 247 Å². The van der Waals surface area contributed by atoms with E-state index in [1.54, 1.807) is 0 Å². The van der Waals surface area contributed by atoms with Crippen molar-refractivity contribution in [3.63, 3.8) is 0 Å². The maximum absolute atomic E-state index is 16.6. The molecule has 4 aromatic rings. The molecule has 2 aromatic carbocycles. The Kier molecular flexibility index (Phi) is 6.70. The van der Waals surface area contributed by atoms with E-state index in [0.29, 0.717) is 42.6 Å². The summed E-state index contributed by atoms with van der Waals surface area (Å²) in [4.78, 5) is 30.2. The van der Waals surface area contributed by atoms with Crippen LogP contribution in [0.1, 0.15) is 37.7 Å². The number of nitrogens with zero attached hydrogens (tertiary/aromatic N) is 5. The minimum atomic E-state index is -0.769. The minimum Gasteiger partial charge on any atom is -0.508 e. The molecule has 0 spiro atoms. The first-order valence-electron chi connectivity index (χ1n) is 14.4. The van der Waals surface area contributed by atoms with Crippen LogP contribution < -0.4 is 9.64 Å². The van der Waals surface area contributed by atoms with Crippen molar-refractivity contribution in [3.05, 3.63) is 59.8 Å². The van der Waals surface area contributed by atoms with Gasteiger partial charge in [-0.05, 0) is 55.8 Å². The van der Waals surface area contributed by atoms with Gasteiger partial charge in [0.2, 0.25) is 0 Å². The van der Waals surface area contributed by atoms with Crippen LogP contribution in [-0.2, 0) is 4.79 Å². The molecule has 2 fully saturated rings. The molecule has 0 amide bonds. The zero-order chi connectivity index (χ0) is 29.7. The molecule has 8 nitrogen and oxygen atoms in total. The molecule has 5 heterocycles. The number of hydrogen-bond acceptors (Lipinski definition) is 8. The molecule has 0 bridgehead atoms. The van der Waals surface area contributed by atoms with Crippen LogP contribution in [0.2, 0.25) is 0 Å². The number of ketones is 1. The van der Waals surface area contributed by atoms with Crippen LogP contribution in [0.5, 0.6) is 11.8 Å². The second kappa shape index (κ2) is 10.6. The average Bonchev–Trinajstić information content (AvgIpc) is 3.37. The summed E-state index contributed by atoms with van der Waals surface area (Å²) in [5, 5.41) is 11.6. The van der Waals surface area contributed by atoms with Crippen molar-refractivity contribution >= 4 is 33.3 Å². The number of rotatable bonds is 5. The molecule has 2 saturated heterocycles. The Morgan fingerprint density at radius 3 is 2.72 bits per heavy atom. The number of phenolic OH excluding ortho intramolecular Hbond substituents is 1. The van der Waals surface area contributed by atoms with E-state index in [-0.39, 0.29) is 51.9 Å². The fraction of sp³-hybridized carbons (Fsp3) is 0.333. The number of Topliss-reactive ketones (excluding diaryl/α,β-unsaturated/α-hetero) is 1. The molecule has 1 N–H and O–H groups in total. The molecule has 10 heteroatoms. The Balaban J connectivity index is 1.38. The lowest BCUT2D eigenvalue weighted by atomic mass is 9.95. The van der Waals surface area contributed by atoms with Crippen molar-refractivity contribution in [2.45, 2.75) is 37.6 Å². The van der Waals surface area contributed by atoms with Gasteiger partial charge in [0.05, 0.1) is 23.0 Å². The highest BCUT2D eigenvalue weighted by Gasteiger charge is 2.48. The van der Waals surface area contributed by atoms with E-state index in [1.807, 2.05) is 0 Å². The second-order valence-corrected chi connectivity index (χ2v) is 11.5. The van der Waals surface area contributed by atoms with Crippen LogP contribution in [0.4, 0.5) is 14.6 Å². The normalized spacial score (nSPS) is 20.5. The average molecular weight is 582 g/mol. The number of carbonyl (C=O) groups is 1. The van der Waals surface area contributed by atoms with Gasteiger partial charge in [-0.15, -0.1) is 6.42 Å². The number of fused-ring (bicyclic) bond motifs is 3. The van der Waals surface area contributed by atoms with Gasteiger partial charge >= 0.3 is 6.01 Å². The molecular weight excluding hydrogens is 552 g/mol. The monoisotopic (exact) mass is 581 g/mol. The van der Waals surface area contributed by atoms with Gasteiger partial charge in [0.25, 0.3) is 0 Å². The van der Waals surface area contributed by atoms with E-state index in [4.69, 9.17) is 16.1 Å². The second-order valence-electron chi connectivity index (χ2n) is 11.5. The summed E-state index contributed by atoms with van der Waals surface area (Å²) < 4.78 is 37.6. The molecule has 0 saturated carbocycles. The Morgan fingerprint density at radius 2 is 1.93 bits per heavy atom. The summed E-state index contributed by atoms with van der Waals surface area (Å²) in [7, 11) is 0. The summed E-state index contributed by atoms with van der Waals surface area (Å²) in [5.74, 6) is 1.50. The SMILES string of the molecule is C#Cc1c(F)ccc2cc(O)cc(-c3ncc4c(N5CCC=CCC5)nc(OC[C@@]56CCCN5CC(=O)C6)nc4c3F)c12. The summed E-state index contributed by atoms with van der Waals surface area (Å²) in [6, 6.07) is 5.47. The third-order valence-electron chi connectivity index (χ3n) is 8.80. The van der Waals surface area contributed by atoms with Crippen LogP contribution >= 0.6 is 0 Å². The number of halogens is 2. The van der Waals surface area contributed by atoms with Gasteiger partial charge in [0, 0.05) is 36.7 Å². The summed E-state index contributed by atoms with van der Waals surface area (Å²) in [6.07, 6.45) is 15.2. The highest BCUT2D eigenvalue weighted by atomic mass is 19.1. The van der Waals surface area contributed by atoms with Crippen LogP contribution in [0, 0.1) is 24.0 Å². The summed E-state index contributed by atoms with van der Waals surface area (Å²) in [5.41, 5.74) is -0.454. The number of aromatic hydroxyl groups is 1. The molecule has 0 aliphatic carbocycles. The zero-order valence-corrected chi connectivity index (χ0v) is 23.4. The number of benzene rings is 2. The largest absolute Gasteiger partial charge is 0.508 e. The number of hydrogen-bond donors (Lipinski definition) is 1. The van der Waals surface area contributed by atoms with Gasteiger partial charge in [-0.2, -0.15) is 9.97 Å². The van der Waals surface area contributed by atoms with Crippen molar-refractivity contribution in [3.8, 4) is 35.4 Å². The van der Waals surface area contributed by atoms with Gasteiger partial charge in [-0.1, -0.05) is 24.1 Å². The Hall–Kier alpha value is -4.62. The number of anilines is 1. The van der Waals surface area contributed by atoms with Crippen molar-refractivity contribution in [1.29, 1.82) is 0 Å². The van der Waals surface area contributed by atoms with Gasteiger partial charge in [-0.25, -0.2) is 8.78 Å². The zero-order valence-electron chi connectivity index (χ0n) is 23.4. The van der Waals surface area contributed by atoms with E-state index < -0.39 is 17.2 Å². The maximum atomic E-state index is 16.6. The maximum Gasteiger partial charge on any atom is 0.319 e. The topological polar surface area (TPSA) is 91.7 Å². The van der Waals surface area contributed by atoms with E-state index in [2.05, 4.69) is 37.8 Å². The Bertz CT molecular complexity index is 1860. The Morgan fingerprint density at radius 1 is 1.12 bits per heavy atom. The quantitative estimate of drug-likeness (QED) is 0.256. The van der Waals surface area contributed by atoms with Crippen LogP contribution in [-0.4, -0.2) is 69.1 Å². The fourth-order valence-corrected chi connectivity index (χ4v) is 6.78. The van der Waals surface area contributed by atoms with E-state index in [0.717, 1.165) is 32.2 Å². The lowest BCUT2D eigenvalue weighted by Gasteiger charge is -2.30. The number of ether oxygens (including phenoxy) is 1. The van der Waals surface area contributed by atoms with Gasteiger partial charge in [0.1, 0.15) is 41.0 Å². The van der Waals surface area contributed by atoms with Crippen molar-refractivity contribution in [2.24, 2.45) is 0 Å². The summed E-state index contributed by atoms with van der Waals surface area (Å²) in [6.45, 7) is 2.79. The number of phenols is 1. The standard InChI is InChI=1S/C33H29F2N5O3/c1-2-23-26(34)9-8-20-14-21(41)15-24(27(20)23)29-28(35)30-25(17-36-29)31(39-11-5-3-4-6-12-39)38-32(37-30)43-19-33-10-7-13-40(33)18-22(42)16-33/h1,3-4,8-9,14-15,17,41H,5-7,10-13,16,18-19H2/t33-/m0/s1. The van der Waals surface area contributed by atoms with Crippen LogP contribution in [0.3, 0.4) is 0 Å². The van der Waals surface area contributed by atoms with E-state index >= 15 is 4.39 Å². The third kappa shape index (κ3) is 4.64. The molecule has 3 aliphatic rings. The molecular formula is C33H29F2N5O3. The number of terminal acetylenes is 1. The first-order chi connectivity index (χ1) is 20.9. The molecule has 43 heavy (non-hydrogen) atoms. The number of carbonyl (C=O) groups excluding carboxylic acids is 1. The van der Waals surface area contributed by atoms with Crippen molar-refractivity contribution in [2.75, 3.05) is 37.7 Å². The van der Waals surface area contributed by atoms with Crippen LogP contribution in [0.25, 0.3) is 32.9 Å². The highest BCUT2D eigenvalue weighted by molar-refractivity contribution is 6.03. The predicted molar refractivity (Wildman–Crippen MR) is 159 cm³/mol. The minimum absolute atomic E-state index is 0.00690. The van der Waals surface area contributed by atoms with Crippen LogP contribution in [0.15, 0.2) is 42.6 Å². The molecule has 2 aromatic heterocycles. The molecule has 7 rings (SSSR count). The van der Waals surface area contributed by atoms with Crippen molar-refractivity contribution in [1.82, 2.24) is 19.9 Å². The highest BCUT2D eigenvalue weighted by Crippen LogP contribution is 2.40. The fourth-order valence-electron chi connectivity index (χ4n) is 6.78. The smallest absolute Gasteiger partial charge is 0.319 e. The predicted octanol–water partition coefficient (Wildman–Crippen LogP) is 5.15.